The first-order chi connectivity index (χ1) is 13.0. The average Bonchev–Trinajstić information content (AvgIpc) is 2.65. The van der Waals surface area contributed by atoms with E-state index >= 15 is 0 Å². The lowest BCUT2D eigenvalue weighted by Crippen LogP contribution is -2.12. The Kier molecular flexibility index (Phi) is 5.94. The molecule has 3 rings (SSSR count). The Balaban J connectivity index is 1.68. The standard InChI is InChI=1S/C21H20ClN3O2/c1-14(2)27-19-6-4-3-5-18(19)25-20-12-7-15(13-23-20)21(26)24-17-10-8-16(22)9-11-17/h3-14H,1-2H3,(H,23,25)(H,24,26). The third kappa shape index (κ3) is 5.21. The molecule has 1 amide bonds. The van der Waals surface area contributed by atoms with Gasteiger partial charge in [-0.15, -0.1) is 0 Å². The van der Waals surface area contributed by atoms with Crippen LogP contribution in [0.25, 0.3) is 0 Å². The van der Waals surface area contributed by atoms with E-state index in [1.807, 2.05) is 38.1 Å². The number of para-hydroxylation sites is 2. The van der Waals surface area contributed by atoms with Gasteiger partial charge in [-0.2, -0.15) is 0 Å². The minimum absolute atomic E-state index is 0.0693. The average molecular weight is 382 g/mol. The first kappa shape index (κ1) is 18.7. The maximum Gasteiger partial charge on any atom is 0.257 e. The van der Waals surface area contributed by atoms with Gasteiger partial charge >= 0.3 is 0 Å². The van der Waals surface area contributed by atoms with Crippen molar-refractivity contribution in [1.29, 1.82) is 0 Å². The zero-order valence-corrected chi connectivity index (χ0v) is 15.8. The number of hydrogen-bond acceptors (Lipinski definition) is 4. The van der Waals surface area contributed by atoms with Crippen LogP contribution >= 0.6 is 11.6 Å². The zero-order chi connectivity index (χ0) is 19.2. The van der Waals surface area contributed by atoms with Gasteiger partial charge in [-0.25, -0.2) is 4.98 Å². The van der Waals surface area contributed by atoms with Crippen LogP contribution < -0.4 is 15.4 Å². The van der Waals surface area contributed by atoms with Crippen molar-refractivity contribution in [3.05, 3.63) is 77.4 Å². The maximum absolute atomic E-state index is 12.3. The molecule has 0 aliphatic carbocycles. The number of amides is 1. The molecule has 138 valence electrons. The van der Waals surface area contributed by atoms with Crippen LogP contribution in [0.15, 0.2) is 66.9 Å². The smallest absolute Gasteiger partial charge is 0.257 e. The topological polar surface area (TPSA) is 63.2 Å². The van der Waals surface area contributed by atoms with Crippen LogP contribution in [0.5, 0.6) is 5.75 Å². The number of halogens is 1. The number of hydrogen-bond donors (Lipinski definition) is 2. The van der Waals surface area contributed by atoms with Crippen LogP contribution in [0, 0.1) is 0 Å². The van der Waals surface area contributed by atoms with Gasteiger partial charge < -0.3 is 15.4 Å². The van der Waals surface area contributed by atoms with Gasteiger partial charge in [0.05, 0.1) is 17.4 Å². The summed E-state index contributed by atoms with van der Waals surface area (Å²) in [7, 11) is 0. The fourth-order valence-corrected chi connectivity index (χ4v) is 2.53. The van der Waals surface area contributed by atoms with Gasteiger partial charge in [0, 0.05) is 16.9 Å². The summed E-state index contributed by atoms with van der Waals surface area (Å²) in [6.07, 6.45) is 1.60. The molecule has 1 heterocycles. The third-order valence-electron chi connectivity index (χ3n) is 3.64. The largest absolute Gasteiger partial charge is 0.489 e. The first-order valence-corrected chi connectivity index (χ1v) is 8.95. The second kappa shape index (κ2) is 8.56. The number of nitrogens with one attached hydrogen (secondary N) is 2. The summed E-state index contributed by atoms with van der Waals surface area (Å²) in [4.78, 5) is 16.6. The summed E-state index contributed by atoms with van der Waals surface area (Å²) in [5.41, 5.74) is 1.95. The van der Waals surface area contributed by atoms with Crippen LogP contribution in [0.2, 0.25) is 5.02 Å². The van der Waals surface area contributed by atoms with E-state index in [9.17, 15) is 4.79 Å². The van der Waals surface area contributed by atoms with Crippen molar-refractivity contribution in [1.82, 2.24) is 4.98 Å². The Morgan fingerprint density at radius 3 is 2.44 bits per heavy atom. The van der Waals surface area contributed by atoms with E-state index in [0.29, 0.717) is 22.1 Å². The van der Waals surface area contributed by atoms with Crippen LogP contribution in [0.3, 0.4) is 0 Å². The second-order valence-corrected chi connectivity index (χ2v) is 6.62. The molecular weight excluding hydrogens is 362 g/mol. The summed E-state index contributed by atoms with van der Waals surface area (Å²) in [6, 6.07) is 18.1. The number of rotatable bonds is 6. The number of pyridine rings is 1. The Hall–Kier alpha value is -3.05. The van der Waals surface area contributed by atoms with Crippen molar-refractivity contribution < 1.29 is 9.53 Å². The molecule has 0 spiro atoms. The molecule has 0 fully saturated rings. The molecule has 0 saturated carbocycles. The van der Waals surface area contributed by atoms with E-state index in [4.69, 9.17) is 16.3 Å². The van der Waals surface area contributed by atoms with E-state index < -0.39 is 0 Å². The maximum atomic E-state index is 12.3. The molecule has 0 unspecified atom stereocenters. The SMILES string of the molecule is CC(C)Oc1ccccc1Nc1ccc(C(=O)Nc2ccc(Cl)cc2)cn1. The summed E-state index contributed by atoms with van der Waals surface area (Å²) in [6.45, 7) is 3.95. The molecule has 0 aliphatic rings. The van der Waals surface area contributed by atoms with Crippen LogP contribution in [-0.4, -0.2) is 17.0 Å². The monoisotopic (exact) mass is 381 g/mol. The Morgan fingerprint density at radius 2 is 1.78 bits per heavy atom. The lowest BCUT2D eigenvalue weighted by Gasteiger charge is -2.15. The molecule has 1 aromatic heterocycles. The summed E-state index contributed by atoms with van der Waals surface area (Å²) >= 11 is 5.85. The van der Waals surface area contributed by atoms with Crippen LogP contribution in [-0.2, 0) is 0 Å². The lowest BCUT2D eigenvalue weighted by atomic mass is 10.2. The Labute approximate surface area is 163 Å². The molecule has 0 aliphatic heterocycles. The van der Waals surface area contributed by atoms with Crippen molar-refractivity contribution in [3.63, 3.8) is 0 Å². The molecule has 6 heteroatoms. The number of carbonyl (C=O) groups is 1. The highest BCUT2D eigenvalue weighted by atomic mass is 35.5. The Morgan fingerprint density at radius 1 is 1.04 bits per heavy atom. The minimum atomic E-state index is -0.236. The first-order valence-electron chi connectivity index (χ1n) is 8.57. The van der Waals surface area contributed by atoms with Crippen molar-refractivity contribution in [2.75, 3.05) is 10.6 Å². The molecule has 2 aromatic carbocycles. The predicted octanol–water partition coefficient (Wildman–Crippen LogP) is 5.52. The van der Waals surface area contributed by atoms with Gasteiger partial charge in [0.2, 0.25) is 0 Å². The van der Waals surface area contributed by atoms with Crippen molar-refractivity contribution in [2.24, 2.45) is 0 Å². The predicted molar refractivity (Wildman–Crippen MR) is 109 cm³/mol. The summed E-state index contributed by atoms with van der Waals surface area (Å²) < 4.78 is 5.79. The fraction of sp³-hybridized carbons (Fsp3) is 0.143. The lowest BCUT2D eigenvalue weighted by molar-refractivity contribution is 0.102. The van der Waals surface area contributed by atoms with Gasteiger partial charge in [-0.05, 0) is 62.4 Å². The highest BCUT2D eigenvalue weighted by molar-refractivity contribution is 6.30. The number of aromatic nitrogens is 1. The number of anilines is 3. The van der Waals surface area contributed by atoms with Gasteiger partial charge in [-0.3, -0.25) is 4.79 Å². The zero-order valence-electron chi connectivity index (χ0n) is 15.1. The normalized spacial score (nSPS) is 10.5. The van der Waals surface area contributed by atoms with Crippen LogP contribution in [0.4, 0.5) is 17.2 Å². The fourth-order valence-electron chi connectivity index (χ4n) is 2.40. The number of nitrogens with zero attached hydrogens (tertiary/aromatic N) is 1. The molecule has 0 bridgehead atoms. The van der Waals surface area contributed by atoms with E-state index in [1.165, 1.54) is 6.20 Å². The van der Waals surface area contributed by atoms with Crippen LogP contribution in [0.1, 0.15) is 24.2 Å². The number of benzene rings is 2. The molecule has 3 aromatic rings. The van der Waals surface area contributed by atoms with Crippen molar-refractivity contribution in [2.45, 2.75) is 20.0 Å². The molecule has 5 nitrogen and oxygen atoms in total. The molecular formula is C21H20ClN3O2. The van der Waals surface area contributed by atoms with E-state index in [2.05, 4.69) is 15.6 Å². The number of carbonyl (C=O) groups excluding carboxylic acids is 1. The van der Waals surface area contributed by atoms with Gasteiger partial charge in [0.15, 0.2) is 0 Å². The summed E-state index contributed by atoms with van der Waals surface area (Å²) in [5.74, 6) is 1.14. The molecule has 0 atom stereocenters. The van der Waals surface area contributed by atoms with E-state index in [-0.39, 0.29) is 12.0 Å². The van der Waals surface area contributed by atoms with Gasteiger partial charge in [0.1, 0.15) is 11.6 Å². The molecule has 0 radical (unpaired) electrons. The highest BCUT2D eigenvalue weighted by Crippen LogP contribution is 2.27. The second-order valence-electron chi connectivity index (χ2n) is 6.18. The molecule has 0 saturated heterocycles. The quantitative estimate of drug-likeness (QED) is 0.590. The Bertz CT molecular complexity index is 909. The third-order valence-corrected chi connectivity index (χ3v) is 3.89. The van der Waals surface area contributed by atoms with Crippen molar-refractivity contribution in [3.8, 4) is 5.75 Å². The van der Waals surface area contributed by atoms with Gasteiger partial charge in [-0.1, -0.05) is 23.7 Å². The molecule has 27 heavy (non-hydrogen) atoms. The summed E-state index contributed by atoms with van der Waals surface area (Å²) in [5, 5.41) is 6.64. The van der Waals surface area contributed by atoms with E-state index in [0.717, 1.165) is 11.4 Å². The van der Waals surface area contributed by atoms with E-state index in [1.54, 1.807) is 36.4 Å². The van der Waals surface area contributed by atoms with Crippen molar-refractivity contribution >= 4 is 34.7 Å². The number of ether oxygens (including phenoxy) is 1. The minimum Gasteiger partial charge on any atom is -0.489 e. The molecule has 2 N–H and O–H groups in total. The van der Waals surface area contributed by atoms with Gasteiger partial charge in [0.25, 0.3) is 5.91 Å². The highest BCUT2D eigenvalue weighted by Gasteiger charge is 2.09.